The number of halogens is 1. The molecule has 116 valence electrons. The number of nitrogens with one attached hydrogen (secondary N) is 1. The lowest BCUT2D eigenvalue weighted by atomic mass is 10.1. The second-order valence-electron chi connectivity index (χ2n) is 5.51. The first kappa shape index (κ1) is 16.4. The average molecular weight is 317 g/mol. The normalized spacial score (nSPS) is 13.6. The maximum atomic E-state index is 12.3. The Morgan fingerprint density at radius 3 is 2.27 bits per heavy atom. The molecule has 1 amide bonds. The van der Waals surface area contributed by atoms with Crippen LogP contribution in [0.3, 0.4) is 0 Å². The quantitative estimate of drug-likeness (QED) is 0.917. The Balaban J connectivity index is 0.00000176. The van der Waals surface area contributed by atoms with Crippen molar-refractivity contribution in [2.75, 3.05) is 23.3 Å². The number of rotatable bonds is 3. The second-order valence-corrected chi connectivity index (χ2v) is 5.51. The third kappa shape index (κ3) is 3.60. The van der Waals surface area contributed by atoms with E-state index in [0.717, 1.165) is 29.9 Å². The molecule has 0 unspecified atom stereocenters. The Kier molecular flexibility index (Phi) is 5.45. The molecule has 2 aromatic rings. The van der Waals surface area contributed by atoms with Crippen LogP contribution in [0.1, 0.15) is 28.8 Å². The summed E-state index contributed by atoms with van der Waals surface area (Å²) in [6, 6.07) is 15.7. The fraction of sp³-hybridized carbons (Fsp3) is 0.278. The van der Waals surface area contributed by atoms with E-state index in [0.29, 0.717) is 0 Å². The highest BCUT2D eigenvalue weighted by atomic mass is 35.5. The molecule has 3 nitrogen and oxygen atoms in total. The summed E-state index contributed by atoms with van der Waals surface area (Å²) >= 11 is 0. The van der Waals surface area contributed by atoms with Gasteiger partial charge in [0.25, 0.3) is 5.91 Å². The van der Waals surface area contributed by atoms with E-state index in [2.05, 4.69) is 22.3 Å². The van der Waals surface area contributed by atoms with Gasteiger partial charge in [0.05, 0.1) is 0 Å². The van der Waals surface area contributed by atoms with Crippen molar-refractivity contribution in [1.82, 2.24) is 0 Å². The molecule has 0 bridgehead atoms. The van der Waals surface area contributed by atoms with Crippen molar-refractivity contribution >= 4 is 29.7 Å². The van der Waals surface area contributed by atoms with Gasteiger partial charge in [-0.2, -0.15) is 0 Å². The molecule has 0 aliphatic carbocycles. The Morgan fingerprint density at radius 2 is 1.64 bits per heavy atom. The number of amides is 1. The summed E-state index contributed by atoms with van der Waals surface area (Å²) in [6.45, 7) is 4.22. The van der Waals surface area contributed by atoms with Gasteiger partial charge in [0.1, 0.15) is 0 Å². The number of anilines is 2. The van der Waals surface area contributed by atoms with Crippen LogP contribution in [-0.4, -0.2) is 19.0 Å². The SMILES string of the molecule is Cc1ccccc1C(=O)Nc1ccc(N2CCCC2)cc1.Cl. The zero-order valence-corrected chi connectivity index (χ0v) is 13.5. The lowest BCUT2D eigenvalue weighted by Crippen LogP contribution is -2.17. The van der Waals surface area contributed by atoms with Crippen molar-refractivity contribution in [3.05, 3.63) is 59.7 Å². The molecule has 1 N–H and O–H groups in total. The van der Waals surface area contributed by atoms with Gasteiger partial charge in [0.2, 0.25) is 0 Å². The molecule has 1 fully saturated rings. The third-order valence-electron chi connectivity index (χ3n) is 3.99. The van der Waals surface area contributed by atoms with E-state index >= 15 is 0 Å². The van der Waals surface area contributed by atoms with Crippen molar-refractivity contribution in [3.8, 4) is 0 Å². The number of carbonyl (C=O) groups excluding carboxylic acids is 1. The summed E-state index contributed by atoms with van der Waals surface area (Å²) in [7, 11) is 0. The molecule has 0 spiro atoms. The summed E-state index contributed by atoms with van der Waals surface area (Å²) in [5.74, 6) is -0.0537. The van der Waals surface area contributed by atoms with E-state index in [1.165, 1.54) is 18.5 Å². The minimum absolute atomic E-state index is 0. The lowest BCUT2D eigenvalue weighted by Gasteiger charge is -2.17. The van der Waals surface area contributed by atoms with Crippen LogP contribution in [0.4, 0.5) is 11.4 Å². The third-order valence-corrected chi connectivity index (χ3v) is 3.99. The maximum absolute atomic E-state index is 12.3. The van der Waals surface area contributed by atoms with Crippen molar-refractivity contribution in [3.63, 3.8) is 0 Å². The number of hydrogen-bond acceptors (Lipinski definition) is 2. The van der Waals surface area contributed by atoms with E-state index in [4.69, 9.17) is 0 Å². The average Bonchev–Trinajstić information content (AvgIpc) is 3.02. The molecule has 0 aromatic heterocycles. The maximum Gasteiger partial charge on any atom is 0.255 e. The Labute approximate surface area is 137 Å². The highest BCUT2D eigenvalue weighted by molar-refractivity contribution is 6.05. The van der Waals surface area contributed by atoms with Crippen LogP contribution < -0.4 is 10.2 Å². The summed E-state index contributed by atoms with van der Waals surface area (Å²) in [6.07, 6.45) is 2.54. The number of nitrogens with zero attached hydrogens (tertiary/aromatic N) is 1. The minimum Gasteiger partial charge on any atom is -0.372 e. The Morgan fingerprint density at radius 1 is 1.00 bits per heavy atom. The highest BCUT2D eigenvalue weighted by Gasteiger charge is 2.12. The predicted octanol–water partition coefficient (Wildman–Crippen LogP) is 4.27. The van der Waals surface area contributed by atoms with Gasteiger partial charge >= 0.3 is 0 Å². The van der Waals surface area contributed by atoms with E-state index in [-0.39, 0.29) is 18.3 Å². The van der Waals surface area contributed by atoms with E-state index < -0.39 is 0 Å². The summed E-state index contributed by atoms with van der Waals surface area (Å²) in [4.78, 5) is 14.6. The van der Waals surface area contributed by atoms with Crippen molar-refractivity contribution in [2.45, 2.75) is 19.8 Å². The van der Waals surface area contributed by atoms with Crippen LogP contribution >= 0.6 is 12.4 Å². The van der Waals surface area contributed by atoms with Gasteiger partial charge in [0, 0.05) is 30.0 Å². The Hall–Kier alpha value is -2.00. The van der Waals surface area contributed by atoms with Crippen LogP contribution in [0.2, 0.25) is 0 Å². The number of carbonyl (C=O) groups is 1. The van der Waals surface area contributed by atoms with Gasteiger partial charge in [-0.25, -0.2) is 0 Å². The molecule has 0 saturated carbocycles. The molecular weight excluding hydrogens is 296 g/mol. The molecule has 0 radical (unpaired) electrons. The molecule has 4 heteroatoms. The molecule has 1 aliphatic heterocycles. The number of hydrogen-bond donors (Lipinski definition) is 1. The van der Waals surface area contributed by atoms with Crippen molar-refractivity contribution in [2.24, 2.45) is 0 Å². The van der Waals surface area contributed by atoms with Gasteiger partial charge in [-0.1, -0.05) is 18.2 Å². The van der Waals surface area contributed by atoms with E-state index in [1.807, 2.05) is 43.3 Å². The standard InChI is InChI=1S/C18H20N2O.ClH/c1-14-6-2-3-7-17(14)18(21)19-15-8-10-16(11-9-15)20-12-4-5-13-20;/h2-3,6-11H,4-5,12-13H2,1H3,(H,19,21);1H. The van der Waals surface area contributed by atoms with Gasteiger partial charge in [-0.05, 0) is 55.7 Å². The monoisotopic (exact) mass is 316 g/mol. The lowest BCUT2D eigenvalue weighted by molar-refractivity contribution is 0.102. The Bertz CT molecular complexity index is 634. The first-order chi connectivity index (χ1) is 10.2. The zero-order valence-electron chi connectivity index (χ0n) is 12.7. The number of aryl methyl sites for hydroxylation is 1. The molecule has 2 aromatic carbocycles. The van der Waals surface area contributed by atoms with Crippen LogP contribution in [0.5, 0.6) is 0 Å². The van der Waals surface area contributed by atoms with Crippen LogP contribution in [0.25, 0.3) is 0 Å². The highest BCUT2D eigenvalue weighted by Crippen LogP contribution is 2.22. The van der Waals surface area contributed by atoms with Crippen LogP contribution in [0, 0.1) is 6.92 Å². The fourth-order valence-electron chi connectivity index (χ4n) is 2.76. The van der Waals surface area contributed by atoms with Gasteiger partial charge in [-0.3, -0.25) is 4.79 Å². The van der Waals surface area contributed by atoms with Crippen LogP contribution in [-0.2, 0) is 0 Å². The first-order valence-corrected chi connectivity index (χ1v) is 7.46. The van der Waals surface area contributed by atoms with Crippen LogP contribution in [0.15, 0.2) is 48.5 Å². The second kappa shape index (κ2) is 7.32. The molecule has 1 saturated heterocycles. The molecule has 1 aliphatic rings. The summed E-state index contributed by atoms with van der Waals surface area (Å²) in [5.41, 5.74) is 3.79. The smallest absolute Gasteiger partial charge is 0.255 e. The van der Waals surface area contributed by atoms with E-state index in [1.54, 1.807) is 0 Å². The van der Waals surface area contributed by atoms with Gasteiger partial charge < -0.3 is 10.2 Å². The first-order valence-electron chi connectivity index (χ1n) is 7.46. The van der Waals surface area contributed by atoms with E-state index in [9.17, 15) is 4.79 Å². The zero-order chi connectivity index (χ0) is 14.7. The summed E-state index contributed by atoms with van der Waals surface area (Å²) < 4.78 is 0. The molecule has 3 rings (SSSR count). The molecule has 0 atom stereocenters. The topological polar surface area (TPSA) is 32.3 Å². The largest absolute Gasteiger partial charge is 0.372 e. The minimum atomic E-state index is -0.0537. The van der Waals surface area contributed by atoms with Gasteiger partial charge in [-0.15, -0.1) is 12.4 Å². The molecular formula is C18H21ClN2O. The van der Waals surface area contributed by atoms with Crippen molar-refractivity contribution in [1.29, 1.82) is 0 Å². The summed E-state index contributed by atoms with van der Waals surface area (Å²) in [5, 5.41) is 2.96. The van der Waals surface area contributed by atoms with Gasteiger partial charge in [0.15, 0.2) is 0 Å². The number of benzene rings is 2. The molecule has 22 heavy (non-hydrogen) atoms. The molecule has 1 heterocycles. The predicted molar refractivity (Wildman–Crippen MR) is 94.3 cm³/mol. The fourth-order valence-corrected chi connectivity index (χ4v) is 2.76. The van der Waals surface area contributed by atoms with Crippen molar-refractivity contribution < 1.29 is 4.79 Å².